The normalized spacial score (nSPS) is 10.7. The molecule has 0 aliphatic heterocycles. The van der Waals surface area contributed by atoms with Crippen molar-refractivity contribution in [1.82, 2.24) is 0 Å². The van der Waals surface area contributed by atoms with E-state index < -0.39 is 0 Å². The van der Waals surface area contributed by atoms with E-state index in [1.54, 1.807) is 6.21 Å². The van der Waals surface area contributed by atoms with Gasteiger partial charge in [-0.15, -0.1) is 0 Å². The Morgan fingerprint density at radius 1 is 0.682 bits per heavy atom. The van der Waals surface area contributed by atoms with Gasteiger partial charge in [-0.1, -0.05) is 54.6 Å². The molecule has 0 unspecified atom stereocenters. The average Bonchev–Trinajstić information content (AvgIpc) is 2.59. The van der Waals surface area contributed by atoms with Gasteiger partial charge in [-0.3, -0.25) is 0 Å². The molecule has 3 nitrogen and oxygen atoms in total. The average molecular weight is 287 g/mol. The smallest absolute Gasteiger partial charge is 0.0559 e. The lowest BCUT2D eigenvalue weighted by molar-refractivity contribution is 1.25. The first-order valence-electron chi connectivity index (χ1n) is 7.12. The molecule has 0 bridgehead atoms. The van der Waals surface area contributed by atoms with Crippen LogP contribution >= 0.6 is 0 Å². The van der Waals surface area contributed by atoms with Crippen molar-refractivity contribution in [1.29, 1.82) is 0 Å². The molecule has 0 saturated heterocycles. The minimum atomic E-state index is 0.970. The number of anilines is 3. The third-order valence-electron chi connectivity index (χ3n) is 3.42. The molecule has 0 radical (unpaired) electrons. The number of nitrogens with zero attached hydrogens (tertiary/aromatic N) is 2. The molecular formula is C19H17N3. The third kappa shape index (κ3) is 2.83. The Morgan fingerprint density at radius 3 is 1.73 bits per heavy atom. The number of benzene rings is 3. The van der Waals surface area contributed by atoms with Crippen LogP contribution in [0.4, 0.5) is 17.1 Å². The minimum absolute atomic E-state index is 0.970. The number of hydrogen-bond acceptors (Lipinski definition) is 3. The maximum atomic E-state index is 5.36. The van der Waals surface area contributed by atoms with Gasteiger partial charge < -0.3 is 10.7 Å². The first kappa shape index (κ1) is 13.9. The molecule has 0 heterocycles. The van der Waals surface area contributed by atoms with E-state index in [2.05, 4.69) is 40.3 Å². The fourth-order valence-electron chi connectivity index (χ4n) is 2.46. The summed E-state index contributed by atoms with van der Waals surface area (Å²) in [6.07, 6.45) is 1.67. The highest BCUT2D eigenvalue weighted by Gasteiger charge is 2.14. The van der Waals surface area contributed by atoms with Crippen molar-refractivity contribution in [3.8, 4) is 0 Å². The fraction of sp³-hybridized carbons (Fsp3) is 0. The number of para-hydroxylation sites is 3. The zero-order chi connectivity index (χ0) is 15.2. The third-order valence-corrected chi connectivity index (χ3v) is 3.42. The zero-order valence-corrected chi connectivity index (χ0v) is 12.1. The van der Waals surface area contributed by atoms with Gasteiger partial charge in [-0.25, -0.2) is 0 Å². The Balaban J connectivity index is 2.19. The molecule has 0 aliphatic carbocycles. The number of rotatable bonds is 4. The van der Waals surface area contributed by atoms with Gasteiger partial charge in [0.15, 0.2) is 0 Å². The molecule has 3 aromatic carbocycles. The summed E-state index contributed by atoms with van der Waals surface area (Å²) in [5, 5.41) is 3.68. The van der Waals surface area contributed by atoms with Crippen LogP contribution < -0.4 is 10.7 Å². The quantitative estimate of drug-likeness (QED) is 0.437. The van der Waals surface area contributed by atoms with Crippen LogP contribution in [0.25, 0.3) is 0 Å². The summed E-state index contributed by atoms with van der Waals surface area (Å²) in [5.41, 5.74) is 4.19. The van der Waals surface area contributed by atoms with Crippen LogP contribution in [0.1, 0.15) is 5.56 Å². The van der Waals surface area contributed by atoms with Crippen LogP contribution in [-0.2, 0) is 0 Å². The van der Waals surface area contributed by atoms with Crippen LogP contribution in [0.2, 0.25) is 0 Å². The van der Waals surface area contributed by atoms with Crippen molar-refractivity contribution in [3.05, 3.63) is 90.5 Å². The molecular weight excluding hydrogens is 270 g/mol. The molecule has 22 heavy (non-hydrogen) atoms. The van der Waals surface area contributed by atoms with E-state index in [9.17, 15) is 0 Å². The van der Waals surface area contributed by atoms with Crippen LogP contribution in [0.15, 0.2) is 90.0 Å². The van der Waals surface area contributed by atoms with Gasteiger partial charge in [0.05, 0.1) is 11.9 Å². The van der Waals surface area contributed by atoms with Gasteiger partial charge in [0, 0.05) is 16.9 Å². The van der Waals surface area contributed by atoms with E-state index in [1.807, 2.05) is 54.6 Å². The summed E-state index contributed by atoms with van der Waals surface area (Å²) in [6.45, 7) is 0. The Bertz CT molecular complexity index is 712. The summed E-state index contributed by atoms with van der Waals surface area (Å²) in [5.74, 6) is 5.36. The number of hydrazone groups is 1. The molecule has 0 atom stereocenters. The monoisotopic (exact) mass is 287 g/mol. The predicted molar refractivity (Wildman–Crippen MR) is 92.9 cm³/mol. The predicted octanol–water partition coefficient (Wildman–Crippen LogP) is 4.45. The number of hydrogen-bond donors (Lipinski definition) is 1. The topological polar surface area (TPSA) is 41.6 Å². The lowest BCUT2D eigenvalue weighted by Gasteiger charge is -2.26. The highest BCUT2D eigenvalue weighted by molar-refractivity contribution is 5.92. The SMILES string of the molecule is N/N=C/c1ccccc1N(c1ccccc1)c1ccccc1. The van der Waals surface area contributed by atoms with Gasteiger partial charge in [0.25, 0.3) is 0 Å². The molecule has 0 fully saturated rings. The van der Waals surface area contributed by atoms with Crippen molar-refractivity contribution in [2.45, 2.75) is 0 Å². The highest BCUT2D eigenvalue weighted by atomic mass is 15.1. The van der Waals surface area contributed by atoms with Crippen LogP contribution in [-0.4, -0.2) is 6.21 Å². The molecule has 0 aromatic heterocycles. The van der Waals surface area contributed by atoms with Gasteiger partial charge in [0.2, 0.25) is 0 Å². The van der Waals surface area contributed by atoms with Crippen LogP contribution in [0, 0.1) is 0 Å². The lowest BCUT2D eigenvalue weighted by Crippen LogP contribution is -2.12. The lowest BCUT2D eigenvalue weighted by atomic mass is 10.1. The highest BCUT2D eigenvalue weighted by Crippen LogP contribution is 2.35. The Morgan fingerprint density at radius 2 is 1.18 bits per heavy atom. The Labute approximate surface area is 130 Å². The molecule has 3 rings (SSSR count). The number of nitrogens with two attached hydrogens (primary N) is 1. The molecule has 0 aliphatic rings. The Hall–Kier alpha value is -3.07. The van der Waals surface area contributed by atoms with Crippen molar-refractivity contribution in [2.24, 2.45) is 10.9 Å². The van der Waals surface area contributed by atoms with Crippen molar-refractivity contribution in [3.63, 3.8) is 0 Å². The maximum Gasteiger partial charge on any atom is 0.0559 e. The van der Waals surface area contributed by atoms with E-state index in [-0.39, 0.29) is 0 Å². The summed E-state index contributed by atoms with van der Waals surface area (Å²) in [6, 6.07) is 28.6. The van der Waals surface area contributed by atoms with Crippen molar-refractivity contribution >= 4 is 23.3 Å². The Kier molecular flexibility index (Phi) is 4.16. The summed E-state index contributed by atoms with van der Waals surface area (Å²) < 4.78 is 0. The summed E-state index contributed by atoms with van der Waals surface area (Å²) in [4.78, 5) is 2.19. The summed E-state index contributed by atoms with van der Waals surface area (Å²) in [7, 11) is 0. The molecule has 3 aromatic rings. The van der Waals surface area contributed by atoms with Gasteiger partial charge >= 0.3 is 0 Å². The molecule has 3 heteroatoms. The fourth-order valence-corrected chi connectivity index (χ4v) is 2.46. The molecule has 108 valence electrons. The van der Waals surface area contributed by atoms with E-state index in [1.165, 1.54) is 0 Å². The first-order valence-corrected chi connectivity index (χ1v) is 7.12. The first-order chi connectivity index (χ1) is 10.9. The maximum absolute atomic E-state index is 5.36. The minimum Gasteiger partial charge on any atom is -0.323 e. The van der Waals surface area contributed by atoms with E-state index in [4.69, 9.17) is 5.84 Å². The van der Waals surface area contributed by atoms with E-state index in [0.717, 1.165) is 22.6 Å². The van der Waals surface area contributed by atoms with Crippen molar-refractivity contribution in [2.75, 3.05) is 4.90 Å². The van der Waals surface area contributed by atoms with E-state index in [0.29, 0.717) is 0 Å². The largest absolute Gasteiger partial charge is 0.323 e. The van der Waals surface area contributed by atoms with Crippen LogP contribution in [0.5, 0.6) is 0 Å². The summed E-state index contributed by atoms with van der Waals surface area (Å²) >= 11 is 0. The molecule has 0 amide bonds. The second-order valence-corrected chi connectivity index (χ2v) is 4.84. The molecule has 0 spiro atoms. The second-order valence-electron chi connectivity index (χ2n) is 4.84. The van der Waals surface area contributed by atoms with Gasteiger partial charge in [0.1, 0.15) is 0 Å². The molecule has 0 saturated carbocycles. The zero-order valence-electron chi connectivity index (χ0n) is 12.1. The van der Waals surface area contributed by atoms with Gasteiger partial charge in [-0.2, -0.15) is 5.10 Å². The van der Waals surface area contributed by atoms with E-state index >= 15 is 0 Å². The van der Waals surface area contributed by atoms with Crippen molar-refractivity contribution < 1.29 is 0 Å². The van der Waals surface area contributed by atoms with Gasteiger partial charge in [-0.05, 0) is 30.3 Å². The van der Waals surface area contributed by atoms with Crippen LogP contribution in [0.3, 0.4) is 0 Å². The second kappa shape index (κ2) is 6.59. The molecule has 2 N–H and O–H groups in total. The standard InChI is InChI=1S/C19H17N3/c20-21-15-16-9-7-8-14-19(16)22(17-10-3-1-4-11-17)18-12-5-2-6-13-18/h1-15H,20H2/b21-15+.